The number of H-pyrrole nitrogens is 2. The lowest BCUT2D eigenvalue weighted by molar-refractivity contribution is -0.347. The summed E-state index contributed by atoms with van der Waals surface area (Å²) in [5, 5.41) is 5.24. The lowest BCUT2D eigenvalue weighted by Crippen LogP contribution is -2.00. The molecule has 0 aliphatic heterocycles. The van der Waals surface area contributed by atoms with Gasteiger partial charge in [-0.1, -0.05) is 11.6 Å². The van der Waals surface area contributed by atoms with E-state index in [0.717, 1.165) is 27.3 Å². The van der Waals surface area contributed by atoms with Crippen LogP contribution >= 0.6 is 11.6 Å². The third kappa shape index (κ3) is 1.36. The Morgan fingerprint density at radius 3 is 2.80 bits per heavy atom. The molecule has 0 aliphatic rings. The van der Waals surface area contributed by atoms with E-state index in [4.69, 9.17) is 16.6 Å². The molecule has 0 atom stereocenters. The number of halogens is 1. The topological polar surface area (TPSA) is 42.8 Å². The minimum Gasteiger partial charge on any atom is -0.352 e. The van der Waals surface area contributed by atoms with Crippen molar-refractivity contribution in [2.75, 3.05) is 0 Å². The van der Waals surface area contributed by atoms with Crippen molar-refractivity contribution in [2.24, 2.45) is 0 Å². The van der Waals surface area contributed by atoms with Crippen LogP contribution in [0.5, 0.6) is 0 Å². The zero-order valence-corrected chi connectivity index (χ0v) is 12.0. The molecule has 3 aromatic heterocycles. The first-order chi connectivity index (χ1) is 9.68. The summed E-state index contributed by atoms with van der Waals surface area (Å²) in [6, 6.07) is 6.16. The third-order valence-corrected chi connectivity index (χ3v) is 4.32. The van der Waals surface area contributed by atoms with Crippen LogP contribution in [0.1, 0.15) is 11.1 Å². The van der Waals surface area contributed by atoms with Gasteiger partial charge in [-0.15, -0.1) is 0 Å². The maximum absolute atomic E-state index is 6.37. The Labute approximate surface area is 120 Å². The highest BCUT2D eigenvalue weighted by atomic mass is 35.5. The highest BCUT2D eigenvalue weighted by molar-refractivity contribution is 6.35. The van der Waals surface area contributed by atoms with E-state index in [1.165, 1.54) is 16.5 Å². The van der Waals surface area contributed by atoms with Gasteiger partial charge in [0.15, 0.2) is 5.52 Å². The largest absolute Gasteiger partial charge is 0.352 e. The fourth-order valence-electron chi connectivity index (χ4n) is 3.07. The van der Waals surface area contributed by atoms with Gasteiger partial charge in [0.1, 0.15) is 5.15 Å². The lowest BCUT2D eigenvalue weighted by atomic mass is 9.97. The number of hydrogen-bond acceptors (Lipinski definition) is 1. The number of aromatic nitrogens is 3. The molecule has 3 nitrogen and oxygen atoms in total. The SMILES string of the molecule is Cc1c2cc[nH]c(Cl)c2c(C)c2c1nc1[nH+]cccc12. The van der Waals surface area contributed by atoms with Crippen LogP contribution in [0.25, 0.3) is 32.7 Å². The molecule has 2 N–H and O–H groups in total. The summed E-state index contributed by atoms with van der Waals surface area (Å²) in [5.41, 5.74) is 4.31. The number of pyridine rings is 2. The van der Waals surface area contributed by atoms with Crippen molar-refractivity contribution in [1.82, 2.24) is 9.97 Å². The predicted molar refractivity (Wildman–Crippen MR) is 82.1 cm³/mol. The normalized spacial score (nSPS) is 11.8. The standard InChI is InChI=1S/C16H12ClN3/c1-8-10-5-7-18-15(17)13(10)9(2)12-11-4-3-6-19-16(11)20-14(8)12/h3-7,18H,1-2H3/p+1. The van der Waals surface area contributed by atoms with Gasteiger partial charge in [-0.2, -0.15) is 0 Å². The number of hydrogen-bond donors (Lipinski definition) is 1. The fraction of sp³-hybridized carbons (Fsp3) is 0.125. The average Bonchev–Trinajstić information content (AvgIpc) is 2.84. The Bertz CT molecular complexity index is 985. The minimum absolute atomic E-state index is 0.680. The molecule has 4 heteroatoms. The van der Waals surface area contributed by atoms with Crippen LogP contribution in [0.3, 0.4) is 0 Å². The summed E-state index contributed by atoms with van der Waals surface area (Å²) in [4.78, 5) is 11.0. The number of aromatic amines is 2. The van der Waals surface area contributed by atoms with Crippen molar-refractivity contribution in [2.45, 2.75) is 13.8 Å². The molecule has 0 unspecified atom stereocenters. The number of benzene rings is 1. The van der Waals surface area contributed by atoms with Crippen LogP contribution in [-0.4, -0.2) is 9.97 Å². The highest BCUT2D eigenvalue weighted by Gasteiger charge is 2.21. The van der Waals surface area contributed by atoms with E-state index in [0.29, 0.717) is 5.15 Å². The Morgan fingerprint density at radius 2 is 1.95 bits per heavy atom. The molecule has 0 aliphatic carbocycles. The Balaban J connectivity index is 2.40. The second-order valence-corrected chi connectivity index (χ2v) is 5.48. The zero-order chi connectivity index (χ0) is 13.9. The summed E-state index contributed by atoms with van der Waals surface area (Å²) in [6.45, 7) is 4.21. The number of rotatable bonds is 0. The number of nitrogens with zero attached hydrogens (tertiary/aromatic N) is 1. The van der Waals surface area contributed by atoms with Crippen LogP contribution in [-0.2, 0) is 0 Å². The fourth-order valence-corrected chi connectivity index (χ4v) is 3.38. The molecule has 0 fully saturated rings. The average molecular weight is 283 g/mol. The van der Waals surface area contributed by atoms with Gasteiger partial charge in [0.2, 0.25) is 0 Å². The van der Waals surface area contributed by atoms with Gasteiger partial charge in [-0.05, 0) is 48.0 Å². The van der Waals surface area contributed by atoms with Crippen molar-refractivity contribution in [3.63, 3.8) is 0 Å². The summed E-state index contributed by atoms with van der Waals surface area (Å²) >= 11 is 6.37. The van der Waals surface area contributed by atoms with Crippen molar-refractivity contribution in [3.8, 4) is 0 Å². The van der Waals surface area contributed by atoms with Crippen molar-refractivity contribution in [3.05, 3.63) is 46.9 Å². The van der Waals surface area contributed by atoms with Gasteiger partial charge in [0.25, 0.3) is 0 Å². The molecular formula is C16H13ClN3+. The molecule has 0 saturated carbocycles. The van der Waals surface area contributed by atoms with Crippen molar-refractivity contribution in [1.29, 1.82) is 0 Å². The number of fused-ring (bicyclic) bond motifs is 4. The van der Waals surface area contributed by atoms with E-state index in [1.54, 1.807) is 0 Å². The number of nitrogens with one attached hydrogen (secondary N) is 2. The van der Waals surface area contributed by atoms with Crippen LogP contribution in [0.2, 0.25) is 5.15 Å². The van der Waals surface area contributed by atoms with E-state index >= 15 is 0 Å². The maximum Gasteiger partial charge on any atom is 0.329 e. The molecule has 1 aromatic carbocycles. The first kappa shape index (κ1) is 11.7. The molecule has 98 valence electrons. The summed E-state index contributed by atoms with van der Waals surface area (Å²) in [6.07, 6.45) is 3.77. The molecule has 20 heavy (non-hydrogen) atoms. The molecule has 0 bridgehead atoms. The first-order valence-corrected chi connectivity index (χ1v) is 6.92. The van der Waals surface area contributed by atoms with E-state index < -0.39 is 0 Å². The second kappa shape index (κ2) is 3.93. The molecule has 0 saturated heterocycles. The summed E-state index contributed by atoms with van der Waals surface area (Å²) in [7, 11) is 0. The zero-order valence-electron chi connectivity index (χ0n) is 11.2. The van der Waals surface area contributed by atoms with Gasteiger partial charge in [-0.3, -0.25) is 0 Å². The highest BCUT2D eigenvalue weighted by Crippen LogP contribution is 2.37. The van der Waals surface area contributed by atoms with E-state index in [1.807, 2.05) is 18.5 Å². The van der Waals surface area contributed by atoms with Crippen molar-refractivity contribution >= 4 is 44.3 Å². The van der Waals surface area contributed by atoms with Gasteiger partial charge in [-0.25, -0.2) is 4.98 Å². The Morgan fingerprint density at radius 1 is 1.10 bits per heavy atom. The van der Waals surface area contributed by atoms with Crippen LogP contribution in [0.4, 0.5) is 0 Å². The third-order valence-electron chi connectivity index (χ3n) is 4.02. The molecular weight excluding hydrogens is 270 g/mol. The Kier molecular flexibility index (Phi) is 2.30. The van der Waals surface area contributed by atoms with Gasteiger partial charge >= 0.3 is 5.65 Å². The van der Waals surface area contributed by atoms with Crippen LogP contribution in [0, 0.1) is 13.8 Å². The first-order valence-electron chi connectivity index (χ1n) is 6.54. The molecule has 0 spiro atoms. The second-order valence-electron chi connectivity index (χ2n) is 5.10. The van der Waals surface area contributed by atoms with Gasteiger partial charge in [0, 0.05) is 22.5 Å². The summed E-state index contributed by atoms with van der Waals surface area (Å²) < 4.78 is 0. The van der Waals surface area contributed by atoms with Gasteiger partial charge in [0.05, 0.1) is 11.6 Å². The lowest BCUT2D eigenvalue weighted by Gasteiger charge is -2.08. The minimum atomic E-state index is 0.680. The van der Waals surface area contributed by atoms with Crippen molar-refractivity contribution < 1.29 is 4.98 Å². The van der Waals surface area contributed by atoms with Crippen LogP contribution in [0.15, 0.2) is 30.6 Å². The van der Waals surface area contributed by atoms with E-state index in [-0.39, 0.29) is 0 Å². The Hall–Kier alpha value is -2.13. The molecule has 4 aromatic rings. The van der Waals surface area contributed by atoms with Gasteiger partial charge < -0.3 is 4.98 Å². The maximum atomic E-state index is 6.37. The van der Waals surface area contributed by atoms with Crippen LogP contribution < -0.4 is 4.98 Å². The quantitative estimate of drug-likeness (QED) is 0.488. The predicted octanol–water partition coefficient (Wildman–Crippen LogP) is 3.95. The summed E-state index contributed by atoms with van der Waals surface area (Å²) in [5.74, 6) is 0. The van der Waals surface area contributed by atoms with E-state index in [2.05, 4.69) is 35.9 Å². The molecule has 3 heterocycles. The monoisotopic (exact) mass is 282 g/mol. The number of aryl methyl sites for hydroxylation is 2. The molecule has 4 rings (SSSR count). The molecule has 0 radical (unpaired) electrons. The van der Waals surface area contributed by atoms with E-state index in [9.17, 15) is 0 Å². The smallest absolute Gasteiger partial charge is 0.329 e. The molecule has 0 amide bonds.